The summed E-state index contributed by atoms with van der Waals surface area (Å²) in [6, 6.07) is 0. The molecule has 106 valence electrons. The molecular formula is C13H26N2O3. The molecular weight excluding hydrogens is 232 g/mol. The molecule has 1 aliphatic heterocycles. The highest BCUT2D eigenvalue weighted by Crippen LogP contribution is 2.14. The molecule has 0 aromatic rings. The highest BCUT2D eigenvalue weighted by atomic mass is 16.5. The molecule has 1 aliphatic rings. The van der Waals surface area contributed by atoms with Crippen molar-refractivity contribution in [2.45, 2.75) is 32.8 Å². The third kappa shape index (κ3) is 5.80. The summed E-state index contributed by atoms with van der Waals surface area (Å²) in [5.41, 5.74) is 0. The van der Waals surface area contributed by atoms with Crippen molar-refractivity contribution in [3.05, 3.63) is 0 Å². The van der Waals surface area contributed by atoms with Crippen LogP contribution in [0.3, 0.4) is 0 Å². The molecule has 2 unspecified atom stereocenters. The Kier molecular flexibility index (Phi) is 7.23. The first-order chi connectivity index (χ1) is 8.65. The van der Waals surface area contributed by atoms with Crippen LogP contribution in [0, 0.1) is 5.92 Å². The predicted molar refractivity (Wildman–Crippen MR) is 70.3 cm³/mol. The molecule has 1 rings (SSSR count). The number of hydrogen-bond donors (Lipinski definition) is 2. The lowest BCUT2D eigenvalue weighted by Gasteiger charge is -2.15. The molecule has 2 N–H and O–H groups in total. The normalized spacial score (nSPS) is 22.1. The minimum Gasteiger partial charge on any atom is -0.466 e. The third-order valence-corrected chi connectivity index (χ3v) is 3.34. The van der Waals surface area contributed by atoms with Crippen LogP contribution in [0.2, 0.25) is 0 Å². The zero-order valence-corrected chi connectivity index (χ0v) is 11.5. The molecule has 5 nitrogen and oxygen atoms in total. The number of aliphatic hydroxyl groups excluding tert-OH is 1. The van der Waals surface area contributed by atoms with Gasteiger partial charge in [-0.3, -0.25) is 4.79 Å². The number of nitrogens with zero attached hydrogens (tertiary/aromatic N) is 1. The van der Waals surface area contributed by atoms with E-state index < -0.39 is 6.10 Å². The molecule has 5 heteroatoms. The minimum atomic E-state index is -0.646. The van der Waals surface area contributed by atoms with Gasteiger partial charge < -0.3 is 20.1 Å². The highest BCUT2D eigenvalue weighted by molar-refractivity contribution is 5.69. The van der Waals surface area contributed by atoms with Crippen LogP contribution in [0.15, 0.2) is 0 Å². The number of carbonyl (C=O) groups excluding carboxylic acids is 1. The number of rotatable bonds is 8. The van der Waals surface area contributed by atoms with Gasteiger partial charge in [-0.25, -0.2) is 0 Å². The van der Waals surface area contributed by atoms with Gasteiger partial charge in [0.25, 0.3) is 0 Å². The Balaban J connectivity index is 2.05. The van der Waals surface area contributed by atoms with E-state index in [2.05, 4.69) is 17.1 Å². The van der Waals surface area contributed by atoms with Crippen molar-refractivity contribution in [3.8, 4) is 0 Å². The molecule has 0 bridgehead atoms. The number of esters is 1. The summed E-state index contributed by atoms with van der Waals surface area (Å²) < 4.78 is 4.79. The van der Waals surface area contributed by atoms with Crippen LogP contribution in [0.25, 0.3) is 0 Å². The molecule has 0 radical (unpaired) electrons. The summed E-state index contributed by atoms with van der Waals surface area (Å²) in [7, 11) is 0. The lowest BCUT2D eigenvalue weighted by molar-refractivity contribution is -0.145. The van der Waals surface area contributed by atoms with E-state index >= 15 is 0 Å². The number of aliphatic hydroxyl groups is 1. The zero-order chi connectivity index (χ0) is 13.4. The van der Waals surface area contributed by atoms with E-state index in [0.717, 1.165) is 19.6 Å². The standard InChI is InChI=1S/C13H26N2O3/c1-3-15-6-5-11(10-15)8-14-9-12(16)7-13(17)18-4-2/h11-12,14,16H,3-10H2,1-2H3. The van der Waals surface area contributed by atoms with Gasteiger partial charge >= 0.3 is 5.97 Å². The van der Waals surface area contributed by atoms with Gasteiger partial charge in [-0.1, -0.05) is 6.92 Å². The van der Waals surface area contributed by atoms with Crippen LogP contribution in [0.1, 0.15) is 26.7 Å². The van der Waals surface area contributed by atoms with Gasteiger partial charge in [0.15, 0.2) is 0 Å². The molecule has 2 atom stereocenters. The van der Waals surface area contributed by atoms with E-state index in [1.165, 1.54) is 13.0 Å². The fourth-order valence-electron chi connectivity index (χ4n) is 2.31. The molecule has 1 saturated heterocycles. The van der Waals surface area contributed by atoms with Crippen molar-refractivity contribution >= 4 is 5.97 Å². The van der Waals surface area contributed by atoms with Gasteiger partial charge in [-0.2, -0.15) is 0 Å². The van der Waals surface area contributed by atoms with E-state index in [9.17, 15) is 9.90 Å². The molecule has 1 fully saturated rings. The number of ether oxygens (including phenoxy) is 1. The van der Waals surface area contributed by atoms with Crippen LogP contribution in [0.4, 0.5) is 0 Å². The smallest absolute Gasteiger partial charge is 0.308 e. The van der Waals surface area contributed by atoms with Crippen LogP contribution >= 0.6 is 0 Å². The van der Waals surface area contributed by atoms with Crippen LogP contribution in [-0.4, -0.2) is 61.4 Å². The molecule has 0 aliphatic carbocycles. The van der Waals surface area contributed by atoms with Gasteiger partial charge in [-0.05, 0) is 38.9 Å². The molecule has 0 aromatic carbocycles. The monoisotopic (exact) mass is 258 g/mol. The molecule has 1 heterocycles. The van der Waals surface area contributed by atoms with Crippen molar-refractivity contribution < 1.29 is 14.6 Å². The fraction of sp³-hybridized carbons (Fsp3) is 0.923. The summed E-state index contributed by atoms with van der Waals surface area (Å²) in [5, 5.41) is 12.9. The summed E-state index contributed by atoms with van der Waals surface area (Å²) in [6.45, 7) is 9.11. The topological polar surface area (TPSA) is 61.8 Å². The van der Waals surface area contributed by atoms with Crippen LogP contribution in [0.5, 0.6) is 0 Å². The maximum Gasteiger partial charge on any atom is 0.308 e. The second kappa shape index (κ2) is 8.45. The SMILES string of the molecule is CCOC(=O)CC(O)CNCC1CCN(CC)C1. The van der Waals surface area contributed by atoms with Crippen LogP contribution in [-0.2, 0) is 9.53 Å². The van der Waals surface area contributed by atoms with Crippen molar-refractivity contribution in [2.75, 3.05) is 39.3 Å². The first-order valence-electron chi connectivity index (χ1n) is 6.92. The maximum atomic E-state index is 11.1. The lowest BCUT2D eigenvalue weighted by atomic mass is 10.1. The van der Waals surface area contributed by atoms with Gasteiger partial charge in [0.2, 0.25) is 0 Å². The van der Waals surface area contributed by atoms with Crippen molar-refractivity contribution in [1.29, 1.82) is 0 Å². The Bertz CT molecular complexity index is 248. The largest absolute Gasteiger partial charge is 0.466 e. The molecule has 0 spiro atoms. The molecule has 18 heavy (non-hydrogen) atoms. The van der Waals surface area contributed by atoms with Gasteiger partial charge in [0, 0.05) is 13.1 Å². The Labute approximate surface area is 109 Å². The Morgan fingerprint density at radius 2 is 2.33 bits per heavy atom. The number of hydrogen-bond acceptors (Lipinski definition) is 5. The lowest BCUT2D eigenvalue weighted by Crippen LogP contribution is -2.33. The third-order valence-electron chi connectivity index (χ3n) is 3.34. The average molecular weight is 258 g/mol. The van der Waals surface area contributed by atoms with E-state index in [4.69, 9.17) is 4.74 Å². The van der Waals surface area contributed by atoms with E-state index in [1.54, 1.807) is 6.92 Å². The second-order valence-corrected chi connectivity index (χ2v) is 4.87. The fourth-order valence-corrected chi connectivity index (χ4v) is 2.31. The number of nitrogens with one attached hydrogen (secondary N) is 1. The number of likely N-dealkylation sites (tertiary alicyclic amines) is 1. The summed E-state index contributed by atoms with van der Waals surface area (Å²) in [6.07, 6.45) is 0.647. The molecule has 0 aromatic heterocycles. The zero-order valence-electron chi connectivity index (χ0n) is 11.5. The molecule has 0 saturated carbocycles. The Hall–Kier alpha value is -0.650. The molecule has 0 amide bonds. The highest BCUT2D eigenvalue weighted by Gasteiger charge is 2.21. The summed E-state index contributed by atoms with van der Waals surface area (Å²) in [5.74, 6) is 0.338. The Morgan fingerprint density at radius 3 is 2.94 bits per heavy atom. The van der Waals surface area contributed by atoms with E-state index in [1.807, 2.05) is 0 Å². The summed E-state index contributed by atoms with van der Waals surface area (Å²) >= 11 is 0. The maximum absolute atomic E-state index is 11.1. The van der Waals surface area contributed by atoms with Crippen LogP contribution < -0.4 is 5.32 Å². The predicted octanol–water partition coefficient (Wildman–Crippen LogP) is 0.232. The Morgan fingerprint density at radius 1 is 1.56 bits per heavy atom. The van der Waals surface area contributed by atoms with E-state index in [0.29, 0.717) is 19.1 Å². The summed E-state index contributed by atoms with van der Waals surface area (Å²) in [4.78, 5) is 13.6. The first-order valence-corrected chi connectivity index (χ1v) is 6.92. The number of carbonyl (C=O) groups is 1. The van der Waals surface area contributed by atoms with Gasteiger partial charge in [-0.15, -0.1) is 0 Å². The van der Waals surface area contributed by atoms with E-state index in [-0.39, 0.29) is 12.4 Å². The second-order valence-electron chi connectivity index (χ2n) is 4.87. The quantitative estimate of drug-likeness (QED) is 0.610. The van der Waals surface area contributed by atoms with Crippen molar-refractivity contribution in [3.63, 3.8) is 0 Å². The van der Waals surface area contributed by atoms with Gasteiger partial charge in [0.1, 0.15) is 0 Å². The first kappa shape index (κ1) is 15.4. The van der Waals surface area contributed by atoms with Crippen molar-refractivity contribution in [2.24, 2.45) is 5.92 Å². The average Bonchev–Trinajstić information content (AvgIpc) is 2.77. The van der Waals surface area contributed by atoms with Gasteiger partial charge in [0.05, 0.1) is 19.1 Å². The van der Waals surface area contributed by atoms with Crippen molar-refractivity contribution in [1.82, 2.24) is 10.2 Å². The minimum absolute atomic E-state index is 0.0760.